The lowest BCUT2D eigenvalue weighted by Gasteiger charge is -2.21. The second-order valence-electron chi connectivity index (χ2n) is 15.9. The molecule has 0 fully saturated rings. The predicted molar refractivity (Wildman–Crippen MR) is 267 cm³/mol. The highest BCUT2D eigenvalue weighted by Gasteiger charge is 2.25. The van der Waals surface area contributed by atoms with Crippen molar-refractivity contribution in [2.24, 2.45) is 0 Å². The molecule has 0 amide bonds. The van der Waals surface area contributed by atoms with Crippen LogP contribution in [0.2, 0.25) is 0 Å². The lowest BCUT2D eigenvalue weighted by Crippen LogP contribution is -2.04. The van der Waals surface area contributed by atoms with Gasteiger partial charge in [-0.05, 0) is 47.5 Å². The molecule has 0 N–H and O–H groups in total. The maximum absolute atomic E-state index is 5.23. The van der Waals surface area contributed by atoms with Gasteiger partial charge in [0.25, 0.3) is 0 Å². The van der Waals surface area contributed by atoms with Crippen molar-refractivity contribution in [3.63, 3.8) is 0 Å². The molecule has 4 aromatic heterocycles. The summed E-state index contributed by atoms with van der Waals surface area (Å²) in [5.41, 5.74) is 10.6. The van der Waals surface area contributed by atoms with Crippen LogP contribution >= 0.6 is 22.7 Å². The van der Waals surface area contributed by atoms with Crippen LogP contribution in [0.1, 0.15) is 0 Å². The van der Waals surface area contributed by atoms with Crippen LogP contribution in [0, 0.1) is 0 Å². The van der Waals surface area contributed by atoms with E-state index < -0.39 is 0 Å². The van der Waals surface area contributed by atoms with Gasteiger partial charge < -0.3 is 4.57 Å². The fourth-order valence-electron chi connectivity index (χ4n) is 9.41. The van der Waals surface area contributed by atoms with Gasteiger partial charge in [-0.25, -0.2) is 15.0 Å². The average molecular weight is 839 g/mol. The van der Waals surface area contributed by atoms with Gasteiger partial charge in [0, 0.05) is 78.9 Å². The van der Waals surface area contributed by atoms with Gasteiger partial charge in [-0.2, -0.15) is 0 Å². The van der Waals surface area contributed by atoms with Crippen molar-refractivity contribution >= 4 is 84.8 Å². The van der Waals surface area contributed by atoms with E-state index >= 15 is 0 Å². The molecule has 0 radical (unpaired) electrons. The van der Waals surface area contributed by atoms with Crippen LogP contribution in [0.15, 0.2) is 206 Å². The smallest absolute Gasteiger partial charge is 0.164 e. The summed E-state index contributed by atoms with van der Waals surface area (Å²) in [7, 11) is 0. The van der Waals surface area contributed by atoms with Gasteiger partial charge in [-0.1, -0.05) is 170 Å². The Hall–Kier alpha value is -7.77. The summed E-state index contributed by atoms with van der Waals surface area (Å²) in [6.07, 6.45) is 0. The highest BCUT2D eigenvalue weighted by molar-refractivity contribution is 7.30. The Morgan fingerprint density at radius 2 is 0.794 bits per heavy atom. The van der Waals surface area contributed by atoms with Gasteiger partial charge in [0.05, 0.1) is 16.7 Å². The molecule has 0 atom stereocenters. The molecule has 4 heterocycles. The van der Waals surface area contributed by atoms with Crippen molar-refractivity contribution in [1.82, 2.24) is 19.5 Å². The van der Waals surface area contributed by atoms with Crippen LogP contribution in [0.25, 0.3) is 124 Å². The van der Waals surface area contributed by atoms with E-state index in [4.69, 9.17) is 15.0 Å². The fourth-order valence-corrected chi connectivity index (χ4v) is 12.0. The number of hydrogen-bond donors (Lipinski definition) is 0. The van der Waals surface area contributed by atoms with Gasteiger partial charge in [0.1, 0.15) is 0 Å². The molecule has 0 saturated carbocycles. The maximum atomic E-state index is 5.23. The summed E-state index contributed by atoms with van der Waals surface area (Å²) in [6.45, 7) is 0. The third kappa shape index (κ3) is 5.76. The molecular formula is C57H34N4S2. The molecule has 6 heteroatoms. The predicted octanol–water partition coefficient (Wildman–Crippen LogP) is 16.0. The summed E-state index contributed by atoms with van der Waals surface area (Å²) < 4.78 is 7.84. The van der Waals surface area contributed by atoms with Crippen molar-refractivity contribution in [2.75, 3.05) is 0 Å². The Balaban J connectivity index is 1.14. The zero-order valence-electron chi connectivity index (χ0n) is 33.7. The summed E-state index contributed by atoms with van der Waals surface area (Å²) in [5, 5.41) is 7.81. The van der Waals surface area contributed by atoms with Crippen molar-refractivity contribution in [2.45, 2.75) is 0 Å². The second kappa shape index (κ2) is 14.4. The quantitative estimate of drug-likeness (QED) is 0.168. The second-order valence-corrected chi connectivity index (χ2v) is 18.0. The molecule has 13 aromatic rings. The first-order chi connectivity index (χ1) is 31.2. The number of benzene rings is 9. The minimum atomic E-state index is 0.616. The molecule has 0 saturated heterocycles. The number of thiophene rings is 2. The van der Waals surface area contributed by atoms with Crippen LogP contribution in [0.4, 0.5) is 0 Å². The zero-order valence-corrected chi connectivity index (χ0v) is 35.4. The Morgan fingerprint density at radius 3 is 1.40 bits per heavy atom. The minimum Gasteiger partial charge on any atom is -0.308 e. The molecule has 0 spiro atoms. The molecule has 0 unspecified atom stereocenters. The lowest BCUT2D eigenvalue weighted by molar-refractivity contribution is 1.07. The van der Waals surface area contributed by atoms with Crippen LogP contribution in [0.3, 0.4) is 0 Å². The van der Waals surface area contributed by atoms with E-state index in [1.807, 2.05) is 59.1 Å². The molecule has 294 valence electrons. The Morgan fingerprint density at radius 1 is 0.317 bits per heavy atom. The van der Waals surface area contributed by atoms with E-state index in [0.29, 0.717) is 17.5 Å². The van der Waals surface area contributed by atoms with Crippen LogP contribution < -0.4 is 0 Å². The molecule has 0 aliphatic heterocycles. The number of fused-ring (bicyclic) bond motifs is 11. The first-order valence-electron chi connectivity index (χ1n) is 21.1. The highest BCUT2D eigenvalue weighted by atomic mass is 32.1. The van der Waals surface area contributed by atoms with Gasteiger partial charge in [0.15, 0.2) is 17.5 Å². The normalized spacial score (nSPS) is 11.8. The zero-order chi connectivity index (χ0) is 41.4. The van der Waals surface area contributed by atoms with E-state index in [9.17, 15) is 0 Å². The average Bonchev–Trinajstić information content (AvgIpc) is 4.04. The molecule has 13 rings (SSSR count). The number of rotatable bonds is 6. The third-order valence-corrected chi connectivity index (χ3v) is 14.6. The molecule has 9 aromatic carbocycles. The van der Waals surface area contributed by atoms with Crippen LogP contribution in [-0.2, 0) is 0 Å². The molecule has 0 aliphatic carbocycles. The molecule has 0 bridgehead atoms. The van der Waals surface area contributed by atoms with Crippen molar-refractivity contribution < 1.29 is 0 Å². The lowest BCUT2D eigenvalue weighted by atomic mass is 9.92. The molecule has 0 aliphatic rings. The van der Waals surface area contributed by atoms with E-state index in [-0.39, 0.29) is 0 Å². The Bertz CT molecular complexity index is 3770. The van der Waals surface area contributed by atoms with Crippen molar-refractivity contribution in [3.05, 3.63) is 206 Å². The van der Waals surface area contributed by atoms with E-state index in [1.165, 1.54) is 56.6 Å². The summed E-state index contributed by atoms with van der Waals surface area (Å²) >= 11 is 3.82. The number of nitrogens with zero attached hydrogens (tertiary/aromatic N) is 4. The standard InChI is InChI=1S/C57H34N4S2/c1-5-17-35(18-6-1)44-33-39(57-59-55(37-21-9-3-10-22-37)58-56(60-57)38-23-11-4-12-24-38)34-45(36-19-7-2-8-20-36)52(44)61-46-27-15-13-25-42(46)50-47(61)31-29-40-41-30-32-49-51(54(41)63-53(40)50)43-26-14-16-28-48(43)62-49/h1-34H. The van der Waals surface area contributed by atoms with Gasteiger partial charge in [-0.3, -0.25) is 0 Å². The SMILES string of the molecule is c1ccc(-c2nc(-c3ccccc3)nc(-c3cc(-c4ccccc4)c(-n4c5ccccc5c5c6sc7c(ccc8sc9ccccc9c87)c6ccc54)c(-c4ccccc4)c3)n2)cc1. The molecule has 4 nitrogen and oxygen atoms in total. The highest BCUT2D eigenvalue weighted by Crippen LogP contribution is 2.50. The topological polar surface area (TPSA) is 43.6 Å². The minimum absolute atomic E-state index is 0.616. The summed E-state index contributed by atoms with van der Waals surface area (Å²) in [6, 6.07) is 73.6. The first-order valence-corrected chi connectivity index (χ1v) is 22.7. The van der Waals surface area contributed by atoms with Gasteiger partial charge in [-0.15, -0.1) is 22.7 Å². The van der Waals surface area contributed by atoms with Crippen LogP contribution in [0.5, 0.6) is 0 Å². The van der Waals surface area contributed by atoms with E-state index in [2.05, 4.69) is 174 Å². The Labute approximate surface area is 370 Å². The van der Waals surface area contributed by atoms with Crippen LogP contribution in [-0.4, -0.2) is 19.5 Å². The number of para-hydroxylation sites is 1. The maximum Gasteiger partial charge on any atom is 0.164 e. The van der Waals surface area contributed by atoms with Crippen molar-refractivity contribution in [1.29, 1.82) is 0 Å². The number of aromatic nitrogens is 4. The van der Waals surface area contributed by atoms with E-state index in [1.54, 1.807) is 0 Å². The monoisotopic (exact) mass is 838 g/mol. The first kappa shape index (κ1) is 35.9. The van der Waals surface area contributed by atoms with Gasteiger partial charge in [0.2, 0.25) is 0 Å². The van der Waals surface area contributed by atoms with Gasteiger partial charge >= 0.3 is 0 Å². The largest absolute Gasteiger partial charge is 0.308 e. The summed E-state index contributed by atoms with van der Waals surface area (Å²) in [4.78, 5) is 15.5. The molecular weight excluding hydrogens is 805 g/mol. The van der Waals surface area contributed by atoms with Crippen molar-refractivity contribution in [3.8, 4) is 62.1 Å². The van der Waals surface area contributed by atoms with E-state index in [0.717, 1.165) is 50.1 Å². The summed E-state index contributed by atoms with van der Waals surface area (Å²) in [5.74, 6) is 1.88. The Kier molecular flexibility index (Phi) is 8.22. The third-order valence-electron chi connectivity index (χ3n) is 12.2. The molecule has 63 heavy (non-hydrogen) atoms. The fraction of sp³-hybridized carbons (Fsp3) is 0. The number of hydrogen-bond acceptors (Lipinski definition) is 5.